The van der Waals surface area contributed by atoms with Crippen molar-refractivity contribution in [2.45, 2.75) is 31.7 Å². The lowest BCUT2D eigenvalue weighted by atomic mass is 10.1. The summed E-state index contributed by atoms with van der Waals surface area (Å²) >= 11 is 5.87. The van der Waals surface area contributed by atoms with Crippen LogP contribution in [0.2, 0.25) is 5.02 Å². The monoisotopic (exact) mass is 348 g/mol. The Labute approximate surface area is 146 Å². The standard InChI is InChI=1S/C17H21ClN4O2/c1-22-10-8-14(9-11-22)19-15(23)6-7-16-20-17(21-24-16)12-2-4-13(18)5-3-12/h2-5,14H,6-11H2,1H3,(H,19,23). The fourth-order valence-corrected chi connectivity index (χ4v) is 2.87. The molecule has 1 aliphatic heterocycles. The Hall–Kier alpha value is -1.92. The zero-order chi connectivity index (χ0) is 16.9. The van der Waals surface area contributed by atoms with E-state index in [1.54, 1.807) is 12.1 Å². The number of hydrogen-bond donors (Lipinski definition) is 1. The smallest absolute Gasteiger partial charge is 0.227 e. The summed E-state index contributed by atoms with van der Waals surface area (Å²) in [5, 5.41) is 7.70. The Balaban J connectivity index is 1.48. The van der Waals surface area contributed by atoms with Crippen molar-refractivity contribution in [2.24, 2.45) is 0 Å². The van der Waals surface area contributed by atoms with Gasteiger partial charge in [-0.15, -0.1) is 0 Å². The molecule has 1 aromatic carbocycles. The molecule has 128 valence electrons. The van der Waals surface area contributed by atoms with Gasteiger partial charge in [0.1, 0.15) is 0 Å². The molecule has 1 N–H and O–H groups in total. The van der Waals surface area contributed by atoms with E-state index in [0.717, 1.165) is 31.5 Å². The molecule has 0 saturated carbocycles. The first kappa shape index (κ1) is 16.9. The molecular formula is C17H21ClN4O2. The van der Waals surface area contributed by atoms with Gasteiger partial charge in [-0.1, -0.05) is 16.8 Å². The molecule has 0 spiro atoms. The highest BCUT2D eigenvalue weighted by Crippen LogP contribution is 2.19. The van der Waals surface area contributed by atoms with Gasteiger partial charge in [0.15, 0.2) is 0 Å². The van der Waals surface area contributed by atoms with Crippen molar-refractivity contribution < 1.29 is 9.32 Å². The number of carbonyl (C=O) groups is 1. The number of nitrogens with zero attached hydrogens (tertiary/aromatic N) is 3. The van der Waals surface area contributed by atoms with Gasteiger partial charge in [0.2, 0.25) is 17.6 Å². The second kappa shape index (κ2) is 7.77. The molecule has 1 aromatic heterocycles. The van der Waals surface area contributed by atoms with E-state index in [1.807, 2.05) is 12.1 Å². The molecule has 1 saturated heterocycles. The molecule has 7 heteroatoms. The van der Waals surface area contributed by atoms with Crippen molar-refractivity contribution in [3.05, 3.63) is 35.2 Å². The molecule has 0 atom stereocenters. The minimum Gasteiger partial charge on any atom is -0.353 e. The quantitative estimate of drug-likeness (QED) is 0.899. The molecule has 2 aromatic rings. The lowest BCUT2D eigenvalue weighted by Gasteiger charge is -2.29. The maximum atomic E-state index is 12.1. The van der Waals surface area contributed by atoms with Gasteiger partial charge >= 0.3 is 0 Å². The normalized spacial score (nSPS) is 16.2. The number of piperidine rings is 1. The van der Waals surface area contributed by atoms with Crippen LogP contribution in [0.4, 0.5) is 0 Å². The van der Waals surface area contributed by atoms with Gasteiger partial charge in [0.25, 0.3) is 0 Å². The maximum absolute atomic E-state index is 12.1. The third kappa shape index (κ3) is 4.55. The van der Waals surface area contributed by atoms with Crippen LogP contribution in [0.5, 0.6) is 0 Å². The minimum absolute atomic E-state index is 0.0378. The summed E-state index contributed by atoms with van der Waals surface area (Å²) in [5.74, 6) is 1.02. The van der Waals surface area contributed by atoms with E-state index in [2.05, 4.69) is 27.4 Å². The molecule has 1 amide bonds. The molecule has 1 aliphatic rings. The van der Waals surface area contributed by atoms with Gasteiger partial charge in [-0.3, -0.25) is 4.79 Å². The van der Waals surface area contributed by atoms with E-state index in [9.17, 15) is 4.79 Å². The summed E-state index contributed by atoms with van der Waals surface area (Å²) in [6.45, 7) is 2.05. The van der Waals surface area contributed by atoms with Crippen LogP contribution >= 0.6 is 11.6 Å². The van der Waals surface area contributed by atoms with Crippen molar-refractivity contribution in [1.29, 1.82) is 0 Å². The third-order valence-corrected chi connectivity index (χ3v) is 4.47. The lowest BCUT2D eigenvalue weighted by Crippen LogP contribution is -2.43. The molecule has 0 radical (unpaired) electrons. The molecule has 24 heavy (non-hydrogen) atoms. The molecule has 3 rings (SSSR count). The number of nitrogens with one attached hydrogen (secondary N) is 1. The van der Waals surface area contributed by atoms with Crippen LogP contribution in [-0.4, -0.2) is 47.1 Å². The molecule has 6 nitrogen and oxygen atoms in total. The predicted octanol–water partition coefficient (Wildman–Crippen LogP) is 2.53. The van der Waals surface area contributed by atoms with Crippen molar-refractivity contribution >= 4 is 17.5 Å². The zero-order valence-electron chi connectivity index (χ0n) is 13.7. The zero-order valence-corrected chi connectivity index (χ0v) is 14.4. The maximum Gasteiger partial charge on any atom is 0.227 e. The number of rotatable bonds is 5. The first-order chi connectivity index (χ1) is 11.6. The van der Waals surface area contributed by atoms with Crippen molar-refractivity contribution in [2.75, 3.05) is 20.1 Å². The first-order valence-corrected chi connectivity index (χ1v) is 8.54. The molecule has 1 fully saturated rings. The largest absolute Gasteiger partial charge is 0.353 e. The minimum atomic E-state index is 0.0378. The summed E-state index contributed by atoms with van der Waals surface area (Å²) in [6, 6.07) is 7.51. The lowest BCUT2D eigenvalue weighted by molar-refractivity contribution is -0.122. The number of carbonyl (C=O) groups excluding carboxylic acids is 1. The highest BCUT2D eigenvalue weighted by molar-refractivity contribution is 6.30. The van der Waals surface area contributed by atoms with Crippen LogP contribution in [-0.2, 0) is 11.2 Å². The molecule has 0 bridgehead atoms. The second-order valence-corrected chi connectivity index (χ2v) is 6.60. The summed E-state index contributed by atoms with van der Waals surface area (Å²) < 4.78 is 5.22. The Bertz CT molecular complexity index is 678. The number of aromatic nitrogens is 2. The van der Waals surface area contributed by atoms with Gasteiger partial charge in [0.05, 0.1) is 0 Å². The number of benzene rings is 1. The number of aryl methyl sites for hydroxylation is 1. The van der Waals surface area contributed by atoms with E-state index in [-0.39, 0.29) is 11.9 Å². The van der Waals surface area contributed by atoms with Crippen LogP contribution in [0.3, 0.4) is 0 Å². The van der Waals surface area contributed by atoms with Crippen molar-refractivity contribution in [1.82, 2.24) is 20.4 Å². The topological polar surface area (TPSA) is 71.3 Å². The van der Waals surface area contributed by atoms with Crippen molar-refractivity contribution in [3.63, 3.8) is 0 Å². The van der Waals surface area contributed by atoms with Crippen LogP contribution in [0.15, 0.2) is 28.8 Å². The van der Waals surface area contributed by atoms with Gasteiger partial charge < -0.3 is 14.7 Å². The molecular weight excluding hydrogens is 328 g/mol. The molecule has 2 heterocycles. The van der Waals surface area contributed by atoms with E-state index in [4.69, 9.17) is 16.1 Å². The molecule has 0 aliphatic carbocycles. The number of amides is 1. The predicted molar refractivity (Wildman–Crippen MR) is 91.7 cm³/mol. The molecule has 0 unspecified atom stereocenters. The third-order valence-electron chi connectivity index (χ3n) is 4.22. The van der Waals surface area contributed by atoms with Crippen molar-refractivity contribution in [3.8, 4) is 11.4 Å². The number of likely N-dealkylation sites (tertiary alicyclic amines) is 1. The summed E-state index contributed by atoms with van der Waals surface area (Å²) in [7, 11) is 2.10. The second-order valence-electron chi connectivity index (χ2n) is 6.16. The van der Waals surface area contributed by atoms with Gasteiger partial charge in [0, 0.05) is 29.5 Å². The Morgan fingerprint density at radius 3 is 2.75 bits per heavy atom. The Morgan fingerprint density at radius 2 is 2.04 bits per heavy atom. The SMILES string of the molecule is CN1CCC(NC(=O)CCc2nc(-c3ccc(Cl)cc3)no2)CC1. The first-order valence-electron chi connectivity index (χ1n) is 8.16. The Kier molecular flexibility index (Phi) is 5.48. The fourth-order valence-electron chi connectivity index (χ4n) is 2.75. The summed E-state index contributed by atoms with van der Waals surface area (Å²) in [4.78, 5) is 18.7. The van der Waals surface area contributed by atoms with E-state index < -0.39 is 0 Å². The number of hydrogen-bond acceptors (Lipinski definition) is 5. The highest BCUT2D eigenvalue weighted by atomic mass is 35.5. The van der Waals surface area contributed by atoms with E-state index in [1.165, 1.54) is 0 Å². The van der Waals surface area contributed by atoms with Gasteiger partial charge in [-0.25, -0.2) is 0 Å². The summed E-state index contributed by atoms with van der Waals surface area (Å²) in [6.07, 6.45) is 2.81. The average Bonchev–Trinajstić information content (AvgIpc) is 3.05. The number of halogens is 1. The van der Waals surface area contributed by atoms with Gasteiger partial charge in [-0.2, -0.15) is 4.98 Å². The van der Waals surface area contributed by atoms with Crippen LogP contribution in [0.1, 0.15) is 25.2 Å². The van der Waals surface area contributed by atoms with Crippen LogP contribution in [0.25, 0.3) is 11.4 Å². The van der Waals surface area contributed by atoms with Crippen LogP contribution < -0.4 is 5.32 Å². The summed E-state index contributed by atoms with van der Waals surface area (Å²) in [5.41, 5.74) is 0.838. The van der Waals surface area contributed by atoms with E-state index in [0.29, 0.717) is 29.6 Å². The fraction of sp³-hybridized carbons (Fsp3) is 0.471. The van der Waals surface area contributed by atoms with Gasteiger partial charge in [-0.05, 0) is 57.2 Å². The van der Waals surface area contributed by atoms with E-state index >= 15 is 0 Å². The Morgan fingerprint density at radius 1 is 1.33 bits per heavy atom. The van der Waals surface area contributed by atoms with Crippen LogP contribution in [0, 0.1) is 0 Å². The average molecular weight is 349 g/mol. The highest BCUT2D eigenvalue weighted by Gasteiger charge is 2.18.